The molecule has 0 radical (unpaired) electrons. The number of aryl methyl sites for hydroxylation is 1. The Bertz CT molecular complexity index is 1540. The Labute approximate surface area is 222 Å². The maximum Gasteiger partial charge on any atom is 0.335 e. The van der Waals surface area contributed by atoms with Crippen LogP contribution in [0.3, 0.4) is 0 Å². The molecule has 0 spiro atoms. The monoisotopic (exact) mass is 534 g/mol. The molecule has 2 aromatic carbocycles. The zero-order valence-corrected chi connectivity index (χ0v) is 21.5. The minimum absolute atomic E-state index is 0.0404. The predicted molar refractivity (Wildman–Crippen MR) is 138 cm³/mol. The van der Waals surface area contributed by atoms with Gasteiger partial charge in [0.25, 0.3) is 11.7 Å². The van der Waals surface area contributed by atoms with Crippen LogP contribution in [0.1, 0.15) is 69.2 Å². The van der Waals surface area contributed by atoms with E-state index in [1.54, 1.807) is 43.0 Å². The largest absolute Gasteiger partial charge is 0.480 e. The van der Waals surface area contributed by atoms with E-state index in [4.69, 9.17) is 0 Å². The lowest BCUT2D eigenvalue weighted by Crippen LogP contribution is -2.36. The molecule has 0 aliphatic heterocycles. The van der Waals surface area contributed by atoms with Gasteiger partial charge < -0.3 is 15.5 Å². The number of aromatic carboxylic acids is 1. The van der Waals surface area contributed by atoms with Gasteiger partial charge in [-0.15, -0.1) is 0 Å². The highest BCUT2D eigenvalue weighted by atomic mass is 19.1. The smallest absolute Gasteiger partial charge is 0.335 e. The van der Waals surface area contributed by atoms with Crippen LogP contribution in [0.4, 0.5) is 4.39 Å². The Morgan fingerprint density at radius 3 is 2.41 bits per heavy atom. The molecule has 2 aromatic heterocycles. The van der Waals surface area contributed by atoms with Gasteiger partial charge in [-0.2, -0.15) is 14.6 Å². The van der Waals surface area contributed by atoms with E-state index in [0.29, 0.717) is 22.4 Å². The molecular formula is C27H27FN6O5. The normalized spacial score (nSPS) is 12.8. The number of hydrogen-bond donors (Lipinski definition) is 3. The van der Waals surface area contributed by atoms with Crippen LogP contribution in [-0.2, 0) is 11.3 Å². The van der Waals surface area contributed by atoms with Gasteiger partial charge in [-0.3, -0.25) is 14.5 Å². The highest BCUT2D eigenvalue weighted by Gasteiger charge is 2.28. The predicted octanol–water partition coefficient (Wildman–Crippen LogP) is 3.41. The minimum Gasteiger partial charge on any atom is -0.480 e. The first kappa shape index (κ1) is 27.3. The van der Waals surface area contributed by atoms with Crippen molar-refractivity contribution in [3.63, 3.8) is 0 Å². The quantitative estimate of drug-likeness (QED) is 0.278. The van der Waals surface area contributed by atoms with Crippen molar-refractivity contribution in [2.75, 3.05) is 6.54 Å². The first-order chi connectivity index (χ1) is 18.5. The Balaban J connectivity index is 1.64. The fourth-order valence-corrected chi connectivity index (χ4v) is 4.30. The SMILES string of the molecule is Cc1ccc(CNC(=O)c2cc(C(C)N(CC(=O)O)[C@@H](C)c3ccc(C(=O)O)cc3)n3ncnc3n2)cc1F. The van der Waals surface area contributed by atoms with Gasteiger partial charge in [-0.1, -0.05) is 24.3 Å². The summed E-state index contributed by atoms with van der Waals surface area (Å²) in [5.41, 5.74) is 2.42. The molecule has 12 heteroatoms. The summed E-state index contributed by atoms with van der Waals surface area (Å²) in [4.78, 5) is 46.2. The van der Waals surface area contributed by atoms with E-state index in [9.17, 15) is 29.0 Å². The van der Waals surface area contributed by atoms with Crippen LogP contribution in [0.5, 0.6) is 0 Å². The number of carboxylic acids is 2. The molecule has 3 N–H and O–H groups in total. The fraction of sp³-hybridized carbons (Fsp3) is 0.259. The van der Waals surface area contributed by atoms with Gasteiger partial charge in [0.2, 0.25) is 0 Å². The molecular weight excluding hydrogens is 507 g/mol. The second-order valence-corrected chi connectivity index (χ2v) is 9.15. The van der Waals surface area contributed by atoms with Gasteiger partial charge in [0, 0.05) is 12.6 Å². The molecule has 4 rings (SSSR count). The lowest BCUT2D eigenvalue weighted by molar-refractivity contribution is -0.139. The van der Waals surface area contributed by atoms with Crippen molar-refractivity contribution in [1.29, 1.82) is 0 Å². The molecule has 0 aliphatic rings. The standard InChI is InChI=1S/C27H27FN6O5/c1-15-4-5-18(10-21(15)28)12-29-25(37)22-11-23(34-27(32-22)30-14-31-34)17(3)33(13-24(35)36)16(2)19-6-8-20(9-7-19)26(38)39/h4-11,14,16-17H,12-13H2,1-3H3,(H,29,37)(H,35,36)(H,38,39)/t16-,17?/m0/s1. The number of amides is 1. The minimum atomic E-state index is -1.07. The number of nitrogens with zero attached hydrogens (tertiary/aromatic N) is 5. The molecule has 0 bridgehead atoms. The third-order valence-electron chi connectivity index (χ3n) is 6.58. The number of carboxylic acid groups (broad SMARTS) is 2. The first-order valence-electron chi connectivity index (χ1n) is 12.1. The number of halogens is 1. The third-order valence-corrected chi connectivity index (χ3v) is 6.58. The molecule has 2 heterocycles. The van der Waals surface area contributed by atoms with E-state index in [0.717, 1.165) is 0 Å². The number of aliphatic carboxylic acids is 1. The van der Waals surface area contributed by atoms with Crippen molar-refractivity contribution in [3.05, 3.63) is 94.3 Å². The van der Waals surface area contributed by atoms with E-state index in [1.165, 1.54) is 35.1 Å². The Morgan fingerprint density at radius 1 is 1.05 bits per heavy atom. The van der Waals surface area contributed by atoms with Crippen molar-refractivity contribution in [2.45, 2.75) is 39.4 Å². The molecule has 0 saturated carbocycles. The van der Waals surface area contributed by atoms with Gasteiger partial charge in [0.1, 0.15) is 17.8 Å². The van der Waals surface area contributed by atoms with E-state index in [-0.39, 0.29) is 35.9 Å². The van der Waals surface area contributed by atoms with Gasteiger partial charge in [-0.25, -0.2) is 14.2 Å². The van der Waals surface area contributed by atoms with Crippen molar-refractivity contribution in [1.82, 2.24) is 29.8 Å². The first-order valence-corrected chi connectivity index (χ1v) is 12.1. The van der Waals surface area contributed by atoms with Crippen LogP contribution in [0.15, 0.2) is 54.9 Å². The molecule has 2 atom stereocenters. The highest BCUT2D eigenvalue weighted by molar-refractivity contribution is 5.92. The molecule has 202 valence electrons. The number of carbonyl (C=O) groups is 3. The molecule has 0 fully saturated rings. The summed E-state index contributed by atoms with van der Waals surface area (Å²) in [7, 11) is 0. The van der Waals surface area contributed by atoms with E-state index >= 15 is 0 Å². The van der Waals surface area contributed by atoms with Gasteiger partial charge in [0.05, 0.1) is 23.8 Å². The van der Waals surface area contributed by atoms with Gasteiger partial charge in [-0.05, 0) is 61.7 Å². The summed E-state index contributed by atoms with van der Waals surface area (Å²) in [6, 6.07) is 11.4. The third kappa shape index (κ3) is 6.07. The average Bonchev–Trinajstić information content (AvgIpc) is 3.39. The lowest BCUT2D eigenvalue weighted by atomic mass is 10.0. The Hall–Kier alpha value is -4.71. The summed E-state index contributed by atoms with van der Waals surface area (Å²) in [6.45, 7) is 4.97. The number of nitrogens with one attached hydrogen (secondary N) is 1. The summed E-state index contributed by atoms with van der Waals surface area (Å²) >= 11 is 0. The number of carbonyl (C=O) groups excluding carboxylic acids is 1. The Kier molecular flexibility index (Phi) is 7.96. The van der Waals surface area contributed by atoms with E-state index in [1.807, 2.05) is 6.92 Å². The van der Waals surface area contributed by atoms with Gasteiger partial charge >= 0.3 is 11.9 Å². The zero-order chi connectivity index (χ0) is 28.3. The van der Waals surface area contributed by atoms with Crippen LogP contribution in [0.25, 0.3) is 5.78 Å². The van der Waals surface area contributed by atoms with Crippen LogP contribution in [-0.4, -0.2) is 59.1 Å². The fourth-order valence-electron chi connectivity index (χ4n) is 4.30. The van der Waals surface area contributed by atoms with Crippen molar-refractivity contribution >= 4 is 23.6 Å². The van der Waals surface area contributed by atoms with Crippen LogP contribution >= 0.6 is 0 Å². The highest BCUT2D eigenvalue weighted by Crippen LogP contribution is 2.30. The second-order valence-electron chi connectivity index (χ2n) is 9.15. The van der Waals surface area contributed by atoms with Crippen molar-refractivity contribution in [3.8, 4) is 0 Å². The zero-order valence-electron chi connectivity index (χ0n) is 21.5. The van der Waals surface area contributed by atoms with Gasteiger partial charge in [0.15, 0.2) is 0 Å². The Morgan fingerprint density at radius 2 is 1.77 bits per heavy atom. The van der Waals surface area contributed by atoms with Crippen molar-refractivity contribution in [2.24, 2.45) is 0 Å². The number of aromatic nitrogens is 4. The van der Waals surface area contributed by atoms with Crippen LogP contribution < -0.4 is 5.32 Å². The average molecular weight is 535 g/mol. The molecule has 0 aliphatic carbocycles. The van der Waals surface area contributed by atoms with Crippen molar-refractivity contribution < 1.29 is 29.0 Å². The topological polar surface area (TPSA) is 150 Å². The maximum atomic E-state index is 13.9. The number of hydrogen-bond acceptors (Lipinski definition) is 7. The molecule has 1 unspecified atom stereocenters. The van der Waals surface area contributed by atoms with Crippen LogP contribution in [0.2, 0.25) is 0 Å². The number of benzene rings is 2. The molecule has 11 nitrogen and oxygen atoms in total. The molecule has 4 aromatic rings. The maximum absolute atomic E-state index is 13.9. The summed E-state index contributed by atoms with van der Waals surface area (Å²) in [5.74, 6) is -2.86. The molecule has 0 saturated heterocycles. The van der Waals surface area contributed by atoms with Crippen LogP contribution in [0, 0.1) is 12.7 Å². The summed E-state index contributed by atoms with van der Waals surface area (Å²) in [5, 5.41) is 25.8. The summed E-state index contributed by atoms with van der Waals surface area (Å²) in [6.07, 6.45) is 1.28. The van der Waals surface area contributed by atoms with E-state index < -0.39 is 29.9 Å². The second kappa shape index (κ2) is 11.4. The van der Waals surface area contributed by atoms with E-state index in [2.05, 4.69) is 20.4 Å². The lowest BCUT2D eigenvalue weighted by Gasteiger charge is -2.33. The number of fused-ring (bicyclic) bond motifs is 1. The molecule has 1 amide bonds. The summed E-state index contributed by atoms with van der Waals surface area (Å²) < 4.78 is 15.3. The molecule has 39 heavy (non-hydrogen) atoms. The number of rotatable bonds is 10.